The Morgan fingerprint density at radius 1 is 1.42 bits per heavy atom. The van der Waals surface area contributed by atoms with E-state index >= 15 is 0 Å². The molecule has 0 aromatic rings. The van der Waals surface area contributed by atoms with Crippen molar-refractivity contribution in [3.05, 3.63) is 0 Å². The maximum Gasteiger partial charge on any atom is 0.270 e. The number of hydrazine groups is 1. The lowest BCUT2D eigenvalue weighted by Crippen LogP contribution is -2.55. The molecule has 4 N–H and O–H groups in total. The van der Waals surface area contributed by atoms with Crippen LogP contribution in [0.15, 0.2) is 0 Å². The Labute approximate surface area is 71.5 Å². The molecule has 0 aromatic carbocycles. The molecule has 0 fully saturated rings. The maximum atomic E-state index is 11.1. The van der Waals surface area contributed by atoms with Gasteiger partial charge in [-0.05, 0) is 13.8 Å². The molecular weight excluding hydrogens is 182 g/mol. The first kappa shape index (κ1) is 11.3. The molecule has 0 aromatic heterocycles. The smallest absolute Gasteiger partial charge is 0.270 e. The maximum absolute atomic E-state index is 11.1. The third-order valence-corrected chi connectivity index (χ3v) is 1.99. The summed E-state index contributed by atoms with van der Waals surface area (Å²) in [5.41, 5.74) is 4.06. The Bertz CT molecular complexity index is 277. The number of hydrogen-bond acceptors (Lipinski definition) is 5. The average Bonchev–Trinajstić information content (AvgIpc) is 1.80. The van der Waals surface area contributed by atoms with Gasteiger partial charge >= 0.3 is 0 Å². The van der Waals surface area contributed by atoms with Crippen molar-refractivity contribution in [1.82, 2.24) is 4.41 Å². The van der Waals surface area contributed by atoms with Crippen LogP contribution in [0.4, 0.5) is 0 Å². The Kier molecular flexibility index (Phi) is 2.83. The minimum atomic E-state index is -3.70. The predicted octanol–water partition coefficient (Wildman–Crippen LogP) is -1.61. The molecule has 0 bridgehead atoms. The Hall–Kier alpha value is -0.660. The summed E-state index contributed by atoms with van der Waals surface area (Å²) in [5, 5.41) is 0. The SMILES string of the molecule is CC(C)(N)C(=O)N(N)S(C)(=O)=O. The first-order valence-corrected chi connectivity index (χ1v) is 5.00. The van der Waals surface area contributed by atoms with Crippen LogP contribution in [0.5, 0.6) is 0 Å². The molecule has 0 radical (unpaired) electrons. The van der Waals surface area contributed by atoms with Crippen molar-refractivity contribution in [2.75, 3.05) is 6.26 Å². The lowest BCUT2D eigenvalue weighted by Gasteiger charge is -2.22. The molecule has 1 amide bonds. The second kappa shape index (κ2) is 3.00. The van der Waals surface area contributed by atoms with Gasteiger partial charge in [0.05, 0.1) is 11.8 Å². The summed E-state index contributed by atoms with van der Waals surface area (Å²) < 4.78 is 21.6. The number of nitrogens with two attached hydrogens (primary N) is 2. The standard InChI is InChI=1S/C5H13N3O3S/c1-5(2,6)4(9)8(7)12(3,10)11/h6-7H2,1-3H3. The van der Waals surface area contributed by atoms with E-state index in [9.17, 15) is 13.2 Å². The molecule has 0 atom stereocenters. The molecule has 72 valence electrons. The van der Waals surface area contributed by atoms with E-state index in [1.54, 1.807) is 0 Å². The van der Waals surface area contributed by atoms with Crippen LogP contribution in [0.25, 0.3) is 0 Å². The molecule has 0 saturated heterocycles. The number of hydrogen-bond donors (Lipinski definition) is 2. The molecule has 0 rings (SSSR count). The van der Waals surface area contributed by atoms with Crippen molar-refractivity contribution in [3.63, 3.8) is 0 Å². The highest BCUT2D eigenvalue weighted by atomic mass is 32.2. The molecule has 7 heteroatoms. The van der Waals surface area contributed by atoms with E-state index in [-0.39, 0.29) is 4.41 Å². The summed E-state index contributed by atoms with van der Waals surface area (Å²) in [5.74, 6) is 4.15. The van der Waals surface area contributed by atoms with Crippen LogP contribution in [0.1, 0.15) is 13.8 Å². The molecule has 0 aliphatic heterocycles. The molecule has 0 saturated carbocycles. The third kappa shape index (κ3) is 2.76. The van der Waals surface area contributed by atoms with Crippen LogP contribution in [-0.4, -0.2) is 30.5 Å². The van der Waals surface area contributed by atoms with Crippen LogP contribution in [0, 0.1) is 0 Å². The Balaban J connectivity index is 4.77. The zero-order chi connectivity index (χ0) is 10.2. The van der Waals surface area contributed by atoms with Crippen LogP contribution in [0.3, 0.4) is 0 Å². The first-order valence-electron chi connectivity index (χ1n) is 3.15. The van der Waals surface area contributed by atoms with E-state index in [1.807, 2.05) is 0 Å². The summed E-state index contributed by atoms with van der Waals surface area (Å²) >= 11 is 0. The topological polar surface area (TPSA) is 106 Å². The minimum Gasteiger partial charge on any atom is -0.318 e. The van der Waals surface area contributed by atoms with Gasteiger partial charge in [0.2, 0.25) is 10.0 Å². The molecule has 0 heterocycles. The zero-order valence-electron chi connectivity index (χ0n) is 7.23. The fourth-order valence-corrected chi connectivity index (χ4v) is 0.971. The largest absolute Gasteiger partial charge is 0.318 e. The Morgan fingerprint density at radius 2 is 1.75 bits per heavy atom. The van der Waals surface area contributed by atoms with Crippen LogP contribution in [-0.2, 0) is 14.8 Å². The highest BCUT2D eigenvalue weighted by molar-refractivity contribution is 7.88. The van der Waals surface area contributed by atoms with Crippen LogP contribution in [0.2, 0.25) is 0 Å². The monoisotopic (exact) mass is 195 g/mol. The molecule has 0 unspecified atom stereocenters. The van der Waals surface area contributed by atoms with E-state index in [0.717, 1.165) is 6.26 Å². The highest BCUT2D eigenvalue weighted by Gasteiger charge is 2.31. The quantitative estimate of drug-likeness (QED) is 0.313. The summed E-state index contributed by atoms with van der Waals surface area (Å²) in [6.45, 7) is 2.75. The fraction of sp³-hybridized carbons (Fsp3) is 0.800. The number of carbonyl (C=O) groups is 1. The second-order valence-corrected chi connectivity index (χ2v) is 4.95. The first-order chi connectivity index (χ1) is 5.07. The lowest BCUT2D eigenvalue weighted by molar-refractivity contribution is -0.131. The normalized spacial score (nSPS) is 12.8. The number of nitrogens with zero attached hydrogens (tertiary/aromatic N) is 1. The average molecular weight is 195 g/mol. The van der Waals surface area contributed by atoms with E-state index in [4.69, 9.17) is 11.6 Å². The summed E-state index contributed by atoms with van der Waals surface area (Å²) in [4.78, 5) is 11.1. The molecule has 0 aliphatic carbocycles. The second-order valence-electron chi connectivity index (χ2n) is 3.09. The van der Waals surface area contributed by atoms with Gasteiger partial charge in [0.15, 0.2) is 0 Å². The van der Waals surface area contributed by atoms with Gasteiger partial charge in [-0.25, -0.2) is 14.3 Å². The summed E-state index contributed by atoms with van der Waals surface area (Å²) in [7, 11) is -3.70. The molecule has 12 heavy (non-hydrogen) atoms. The van der Waals surface area contributed by atoms with E-state index < -0.39 is 21.5 Å². The van der Waals surface area contributed by atoms with Crippen molar-refractivity contribution in [2.45, 2.75) is 19.4 Å². The van der Waals surface area contributed by atoms with E-state index in [1.165, 1.54) is 13.8 Å². The number of carbonyl (C=O) groups excluding carboxylic acids is 1. The van der Waals surface area contributed by atoms with Gasteiger partial charge in [-0.3, -0.25) is 4.79 Å². The van der Waals surface area contributed by atoms with Crippen LogP contribution < -0.4 is 11.6 Å². The van der Waals surface area contributed by atoms with E-state index in [2.05, 4.69) is 0 Å². The fourth-order valence-electron chi connectivity index (χ4n) is 0.435. The summed E-state index contributed by atoms with van der Waals surface area (Å²) in [6.07, 6.45) is 0.830. The van der Waals surface area contributed by atoms with Crippen molar-refractivity contribution >= 4 is 15.9 Å². The van der Waals surface area contributed by atoms with Gasteiger partial charge in [0.25, 0.3) is 5.91 Å². The van der Waals surface area contributed by atoms with E-state index in [0.29, 0.717) is 0 Å². The highest BCUT2D eigenvalue weighted by Crippen LogP contribution is 2.03. The number of amides is 1. The number of sulfonamides is 1. The van der Waals surface area contributed by atoms with Crippen molar-refractivity contribution in [1.29, 1.82) is 0 Å². The summed E-state index contributed by atoms with van der Waals surface area (Å²) in [6, 6.07) is 0. The van der Waals surface area contributed by atoms with Gasteiger partial charge in [0, 0.05) is 0 Å². The molecular formula is C5H13N3O3S. The van der Waals surface area contributed by atoms with Gasteiger partial charge in [-0.2, -0.15) is 4.41 Å². The van der Waals surface area contributed by atoms with Crippen LogP contribution >= 0.6 is 0 Å². The molecule has 0 aliphatic rings. The third-order valence-electron chi connectivity index (χ3n) is 1.11. The minimum absolute atomic E-state index is 0.146. The zero-order valence-corrected chi connectivity index (χ0v) is 8.05. The van der Waals surface area contributed by atoms with Gasteiger partial charge in [-0.1, -0.05) is 0 Å². The van der Waals surface area contributed by atoms with Gasteiger partial charge < -0.3 is 5.73 Å². The van der Waals surface area contributed by atoms with Gasteiger partial charge in [-0.15, -0.1) is 0 Å². The molecule has 6 nitrogen and oxygen atoms in total. The molecule has 0 spiro atoms. The van der Waals surface area contributed by atoms with Gasteiger partial charge in [0.1, 0.15) is 0 Å². The number of rotatable bonds is 2. The lowest BCUT2D eigenvalue weighted by atomic mass is 10.1. The van der Waals surface area contributed by atoms with Crippen molar-refractivity contribution in [3.8, 4) is 0 Å². The van der Waals surface area contributed by atoms with Crippen molar-refractivity contribution in [2.24, 2.45) is 11.6 Å². The predicted molar refractivity (Wildman–Crippen MR) is 44.1 cm³/mol. The Morgan fingerprint density at radius 3 is 1.83 bits per heavy atom. The van der Waals surface area contributed by atoms with Crippen molar-refractivity contribution < 1.29 is 13.2 Å².